The van der Waals surface area contributed by atoms with Crippen LogP contribution in [0.4, 0.5) is 5.95 Å². The van der Waals surface area contributed by atoms with Gasteiger partial charge in [0.1, 0.15) is 5.75 Å². The number of phenolic OH excluding ortho intramolecular Hbond substituents is 1. The van der Waals surface area contributed by atoms with E-state index in [1.807, 2.05) is 42.5 Å². The lowest BCUT2D eigenvalue weighted by Gasteiger charge is -2.24. The van der Waals surface area contributed by atoms with Crippen LogP contribution in [0.2, 0.25) is 0 Å². The van der Waals surface area contributed by atoms with Crippen molar-refractivity contribution >= 4 is 11.5 Å². The number of nitrogens with zero attached hydrogens (tertiary/aromatic N) is 3. The second-order valence-electron chi connectivity index (χ2n) is 5.74. The second-order valence-corrected chi connectivity index (χ2v) is 5.74. The van der Waals surface area contributed by atoms with Gasteiger partial charge in [-0.25, -0.2) is 0 Å². The van der Waals surface area contributed by atoms with E-state index in [4.69, 9.17) is 4.52 Å². The summed E-state index contributed by atoms with van der Waals surface area (Å²) in [5.74, 6) is 1.45. The average molecular weight is 319 g/mol. The summed E-state index contributed by atoms with van der Waals surface area (Å²) in [7, 11) is 0. The molecule has 0 radical (unpaired) electrons. The fourth-order valence-electron chi connectivity index (χ4n) is 2.83. The quantitative estimate of drug-likeness (QED) is 0.797. The van der Waals surface area contributed by atoms with Crippen molar-refractivity contribution in [1.82, 2.24) is 10.1 Å². The van der Waals surface area contributed by atoms with Crippen LogP contribution in [0.3, 0.4) is 0 Å². The average Bonchev–Trinajstić information content (AvgIpc) is 3.13. The van der Waals surface area contributed by atoms with Crippen LogP contribution in [-0.4, -0.2) is 28.3 Å². The maximum atomic E-state index is 9.39. The summed E-state index contributed by atoms with van der Waals surface area (Å²) in [4.78, 5) is 6.60. The first-order valence-corrected chi connectivity index (χ1v) is 7.92. The number of aromatic nitrogens is 2. The molecule has 0 unspecified atom stereocenters. The van der Waals surface area contributed by atoms with Crippen molar-refractivity contribution in [3.8, 4) is 17.2 Å². The van der Waals surface area contributed by atoms with Crippen molar-refractivity contribution in [2.75, 3.05) is 18.0 Å². The molecule has 120 valence electrons. The molecule has 0 saturated heterocycles. The zero-order valence-corrected chi connectivity index (χ0v) is 13.1. The Morgan fingerprint density at radius 2 is 1.75 bits per heavy atom. The van der Waals surface area contributed by atoms with Gasteiger partial charge in [-0.15, -0.1) is 0 Å². The molecule has 0 aliphatic carbocycles. The van der Waals surface area contributed by atoms with Gasteiger partial charge in [-0.05, 0) is 47.0 Å². The van der Waals surface area contributed by atoms with Gasteiger partial charge in [-0.1, -0.05) is 36.4 Å². The lowest BCUT2D eigenvalue weighted by molar-refractivity contribution is 0.429. The van der Waals surface area contributed by atoms with Crippen LogP contribution < -0.4 is 4.90 Å². The predicted molar refractivity (Wildman–Crippen MR) is 92.6 cm³/mol. The number of hydrogen-bond donors (Lipinski definition) is 1. The Labute approximate surface area is 139 Å². The highest BCUT2D eigenvalue weighted by Crippen LogP contribution is 2.26. The van der Waals surface area contributed by atoms with Gasteiger partial charge in [0.15, 0.2) is 0 Å². The predicted octanol–water partition coefficient (Wildman–Crippen LogP) is 3.74. The van der Waals surface area contributed by atoms with E-state index >= 15 is 0 Å². The van der Waals surface area contributed by atoms with E-state index in [0.717, 1.165) is 30.6 Å². The van der Waals surface area contributed by atoms with Crippen LogP contribution in [0.25, 0.3) is 17.0 Å². The molecule has 0 bridgehead atoms. The summed E-state index contributed by atoms with van der Waals surface area (Å²) in [6.07, 6.45) is 3.08. The summed E-state index contributed by atoms with van der Waals surface area (Å²) >= 11 is 0. The van der Waals surface area contributed by atoms with Gasteiger partial charge in [0, 0.05) is 18.7 Å². The maximum absolute atomic E-state index is 9.39. The third kappa shape index (κ3) is 2.88. The minimum absolute atomic E-state index is 0.289. The highest BCUT2D eigenvalue weighted by molar-refractivity contribution is 5.68. The molecule has 4 rings (SSSR count). The van der Waals surface area contributed by atoms with Gasteiger partial charge >= 0.3 is 0 Å². The van der Waals surface area contributed by atoms with Crippen LogP contribution in [0, 0.1) is 0 Å². The molecule has 1 aromatic heterocycles. The molecule has 0 amide bonds. The molecule has 24 heavy (non-hydrogen) atoms. The summed E-state index contributed by atoms with van der Waals surface area (Å²) < 4.78 is 5.38. The molecule has 5 heteroatoms. The molecule has 0 saturated carbocycles. The van der Waals surface area contributed by atoms with Crippen molar-refractivity contribution in [2.45, 2.75) is 6.42 Å². The van der Waals surface area contributed by atoms with Crippen molar-refractivity contribution in [2.24, 2.45) is 0 Å². The lowest BCUT2D eigenvalue weighted by atomic mass is 9.99. The Kier molecular flexibility index (Phi) is 3.75. The highest BCUT2D eigenvalue weighted by atomic mass is 16.5. The largest absolute Gasteiger partial charge is 0.508 e. The lowest BCUT2D eigenvalue weighted by Crippen LogP contribution is -2.29. The molecule has 3 aromatic rings. The summed E-state index contributed by atoms with van der Waals surface area (Å²) in [5.41, 5.74) is 3.34. The minimum atomic E-state index is 0.289. The Hall–Kier alpha value is -3.08. The summed E-state index contributed by atoms with van der Waals surface area (Å²) in [6, 6.07) is 17.1. The molecule has 0 fully saturated rings. The van der Waals surface area contributed by atoms with E-state index in [1.54, 1.807) is 12.1 Å². The van der Waals surface area contributed by atoms with E-state index in [9.17, 15) is 5.11 Å². The van der Waals surface area contributed by atoms with Gasteiger partial charge in [0.2, 0.25) is 0 Å². The number of phenols is 1. The molecule has 2 aromatic carbocycles. The van der Waals surface area contributed by atoms with Crippen molar-refractivity contribution < 1.29 is 9.63 Å². The van der Waals surface area contributed by atoms with Crippen LogP contribution in [0.15, 0.2) is 65.2 Å². The fraction of sp³-hybridized carbons (Fsp3) is 0.158. The Bertz CT molecular complexity index is 854. The van der Waals surface area contributed by atoms with Crippen LogP contribution in [0.5, 0.6) is 5.75 Å². The number of rotatable bonds is 3. The Morgan fingerprint density at radius 3 is 2.46 bits per heavy atom. The van der Waals surface area contributed by atoms with Gasteiger partial charge in [-0.3, -0.25) is 0 Å². The first kappa shape index (κ1) is 14.5. The standard InChI is InChI=1S/C19H17N3O2/c23-17-8-6-14(7-9-17)15-10-12-22(13-11-15)19-20-18(24-21-19)16-4-2-1-3-5-16/h1-10,23H,11-13H2. The van der Waals surface area contributed by atoms with E-state index in [-0.39, 0.29) is 5.75 Å². The monoisotopic (exact) mass is 319 g/mol. The molecule has 1 aliphatic heterocycles. The van der Waals surface area contributed by atoms with E-state index in [0.29, 0.717) is 11.8 Å². The van der Waals surface area contributed by atoms with E-state index in [1.165, 1.54) is 5.57 Å². The van der Waals surface area contributed by atoms with Crippen molar-refractivity contribution in [1.29, 1.82) is 0 Å². The fourth-order valence-corrected chi connectivity index (χ4v) is 2.83. The molecule has 2 heterocycles. The smallest absolute Gasteiger partial charge is 0.266 e. The first-order chi connectivity index (χ1) is 11.8. The zero-order chi connectivity index (χ0) is 16.4. The SMILES string of the molecule is Oc1ccc(C2=CCN(c3noc(-c4ccccc4)n3)CC2)cc1. The molecule has 0 atom stereocenters. The zero-order valence-electron chi connectivity index (χ0n) is 13.1. The van der Waals surface area contributed by atoms with Crippen LogP contribution in [0.1, 0.15) is 12.0 Å². The number of hydrogen-bond acceptors (Lipinski definition) is 5. The first-order valence-electron chi connectivity index (χ1n) is 7.92. The van der Waals surface area contributed by atoms with Gasteiger partial charge < -0.3 is 14.5 Å². The number of anilines is 1. The van der Waals surface area contributed by atoms with E-state index in [2.05, 4.69) is 21.1 Å². The molecule has 1 N–H and O–H groups in total. The Balaban J connectivity index is 1.50. The van der Waals surface area contributed by atoms with Crippen molar-refractivity contribution in [3.05, 3.63) is 66.2 Å². The molecular formula is C19H17N3O2. The van der Waals surface area contributed by atoms with Crippen molar-refractivity contribution in [3.63, 3.8) is 0 Å². The number of aromatic hydroxyl groups is 1. The summed E-state index contributed by atoms with van der Waals surface area (Å²) in [5, 5.41) is 13.5. The molecule has 0 spiro atoms. The third-order valence-corrected chi connectivity index (χ3v) is 4.17. The van der Waals surface area contributed by atoms with E-state index < -0.39 is 0 Å². The van der Waals surface area contributed by atoms with Gasteiger partial charge in [-0.2, -0.15) is 4.98 Å². The third-order valence-electron chi connectivity index (χ3n) is 4.17. The topological polar surface area (TPSA) is 62.4 Å². The van der Waals surface area contributed by atoms with Crippen LogP contribution >= 0.6 is 0 Å². The minimum Gasteiger partial charge on any atom is -0.508 e. The molecule has 1 aliphatic rings. The van der Waals surface area contributed by atoms with Crippen LogP contribution in [-0.2, 0) is 0 Å². The van der Waals surface area contributed by atoms with Gasteiger partial charge in [0.05, 0.1) is 0 Å². The molecule has 5 nitrogen and oxygen atoms in total. The maximum Gasteiger partial charge on any atom is 0.266 e. The molecular weight excluding hydrogens is 302 g/mol. The summed E-state index contributed by atoms with van der Waals surface area (Å²) in [6.45, 7) is 1.57. The Morgan fingerprint density at radius 1 is 0.958 bits per heavy atom. The normalized spacial score (nSPS) is 14.5. The second kappa shape index (κ2) is 6.20. The number of benzene rings is 2. The van der Waals surface area contributed by atoms with Gasteiger partial charge in [0.25, 0.3) is 11.8 Å². The highest BCUT2D eigenvalue weighted by Gasteiger charge is 2.18.